The Morgan fingerprint density at radius 1 is 1.37 bits per heavy atom. The number of hydrogen-bond acceptors (Lipinski definition) is 4. The van der Waals surface area contributed by atoms with Crippen molar-refractivity contribution in [3.05, 3.63) is 11.7 Å². The molecule has 0 saturated carbocycles. The molecule has 2 heterocycles. The van der Waals surface area contributed by atoms with E-state index in [1.165, 1.54) is 25.7 Å². The highest BCUT2D eigenvalue weighted by atomic mass is 127. The summed E-state index contributed by atoms with van der Waals surface area (Å²) in [6.45, 7) is 14.9. The first-order chi connectivity index (χ1) is 12.5. The molecule has 2 rings (SSSR count). The molecule has 156 valence electrons. The zero-order chi connectivity index (χ0) is 19.0. The van der Waals surface area contributed by atoms with E-state index in [9.17, 15) is 0 Å². The number of aromatic nitrogens is 2. The minimum atomic E-state index is 0. The average molecular weight is 491 g/mol. The minimum Gasteiger partial charge on any atom is -0.357 e. The van der Waals surface area contributed by atoms with E-state index in [0.717, 1.165) is 56.7 Å². The monoisotopic (exact) mass is 491 g/mol. The Hall–Kier alpha value is -0.860. The third-order valence-electron chi connectivity index (χ3n) is 5.08. The molecule has 1 aliphatic heterocycles. The van der Waals surface area contributed by atoms with Crippen molar-refractivity contribution >= 4 is 29.9 Å². The van der Waals surface area contributed by atoms with E-state index in [-0.39, 0.29) is 24.0 Å². The van der Waals surface area contributed by atoms with E-state index in [1.807, 2.05) is 0 Å². The number of halogens is 1. The predicted octanol–water partition coefficient (Wildman–Crippen LogP) is 4.61. The summed E-state index contributed by atoms with van der Waals surface area (Å²) in [4.78, 5) is 11.8. The van der Waals surface area contributed by atoms with Crippen LogP contribution in [0.1, 0.15) is 84.4 Å². The summed E-state index contributed by atoms with van der Waals surface area (Å²) in [7, 11) is 0. The van der Waals surface area contributed by atoms with Crippen LogP contribution >= 0.6 is 24.0 Å². The molecule has 7 heteroatoms. The van der Waals surface area contributed by atoms with Crippen LogP contribution in [0, 0.1) is 5.41 Å². The smallest absolute Gasteiger partial charge is 0.226 e. The van der Waals surface area contributed by atoms with Crippen LogP contribution in [0.5, 0.6) is 0 Å². The van der Waals surface area contributed by atoms with Crippen LogP contribution < -0.4 is 5.32 Å². The second kappa shape index (κ2) is 11.9. The topological polar surface area (TPSA) is 66.5 Å². The molecule has 0 aliphatic carbocycles. The van der Waals surface area contributed by atoms with E-state index in [4.69, 9.17) is 9.52 Å². The number of hydrogen-bond donors (Lipinski definition) is 1. The summed E-state index contributed by atoms with van der Waals surface area (Å²) in [5.74, 6) is 2.88. The molecule has 6 nitrogen and oxygen atoms in total. The average Bonchev–Trinajstić information content (AvgIpc) is 3.07. The number of aliphatic imine (C=N–C) groups is 1. The summed E-state index contributed by atoms with van der Waals surface area (Å²) in [6.07, 6.45) is 6.83. The molecule has 0 spiro atoms. The molecule has 0 bridgehead atoms. The number of aryl methyl sites for hydroxylation is 1. The molecule has 1 aromatic rings. The molecular formula is C20H38IN5O. The number of guanidine groups is 1. The molecular weight excluding hydrogens is 453 g/mol. The summed E-state index contributed by atoms with van der Waals surface area (Å²) < 4.78 is 5.32. The standard InChI is InChI=1S/C20H37N5O.HI/c1-6-11-20(5)12-9-14-25(15-20)19(21-7-2)22-13-8-10-17-23-18(16(3)4)24-26-17;/h16H,6-15H2,1-5H3,(H,21,22);1H. The Bertz CT molecular complexity index is 570. The van der Waals surface area contributed by atoms with Crippen molar-refractivity contribution < 1.29 is 4.52 Å². The van der Waals surface area contributed by atoms with Crippen molar-refractivity contribution in [2.24, 2.45) is 10.4 Å². The highest BCUT2D eigenvalue weighted by Gasteiger charge is 2.31. The van der Waals surface area contributed by atoms with Crippen LogP contribution in [-0.4, -0.2) is 47.2 Å². The van der Waals surface area contributed by atoms with Gasteiger partial charge >= 0.3 is 0 Å². The first-order valence-corrected chi connectivity index (χ1v) is 10.3. The number of rotatable bonds is 8. The van der Waals surface area contributed by atoms with Crippen LogP contribution in [0.25, 0.3) is 0 Å². The lowest BCUT2D eigenvalue weighted by Gasteiger charge is -2.42. The van der Waals surface area contributed by atoms with Crippen molar-refractivity contribution in [3.63, 3.8) is 0 Å². The van der Waals surface area contributed by atoms with Gasteiger partial charge in [-0.05, 0) is 38.0 Å². The largest absolute Gasteiger partial charge is 0.357 e. The van der Waals surface area contributed by atoms with Gasteiger partial charge in [0, 0.05) is 38.5 Å². The second-order valence-electron chi connectivity index (χ2n) is 8.13. The fraction of sp³-hybridized carbons (Fsp3) is 0.850. The SMILES string of the molecule is CCCC1(C)CCCN(C(=NCCCc2nc(C(C)C)no2)NCC)C1.I. The molecule has 1 N–H and O–H groups in total. The van der Waals surface area contributed by atoms with E-state index in [1.54, 1.807) is 0 Å². The van der Waals surface area contributed by atoms with Crippen molar-refractivity contribution in [1.82, 2.24) is 20.4 Å². The van der Waals surface area contributed by atoms with E-state index >= 15 is 0 Å². The summed E-state index contributed by atoms with van der Waals surface area (Å²) >= 11 is 0. The van der Waals surface area contributed by atoms with E-state index in [2.05, 4.69) is 55.0 Å². The maximum atomic E-state index is 5.32. The summed E-state index contributed by atoms with van der Waals surface area (Å²) in [5.41, 5.74) is 0.417. The highest BCUT2D eigenvalue weighted by molar-refractivity contribution is 14.0. The molecule has 1 aliphatic rings. The molecule has 0 aromatic carbocycles. The minimum absolute atomic E-state index is 0. The van der Waals surface area contributed by atoms with Gasteiger partial charge in [-0.15, -0.1) is 24.0 Å². The van der Waals surface area contributed by atoms with Gasteiger partial charge in [0.25, 0.3) is 0 Å². The van der Waals surface area contributed by atoms with Gasteiger partial charge in [-0.1, -0.05) is 39.3 Å². The van der Waals surface area contributed by atoms with Gasteiger partial charge in [0.15, 0.2) is 11.8 Å². The quantitative estimate of drug-likeness (QED) is 0.249. The summed E-state index contributed by atoms with van der Waals surface area (Å²) in [6, 6.07) is 0. The van der Waals surface area contributed by atoms with Gasteiger partial charge in [0.2, 0.25) is 5.89 Å². The highest BCUT2D eigenvalue weighted by Crippen LogP contribution is 2.33. The van der Waals surface area contributed by atoms with E-state index < -0.39 is 0 Å². The molecule has 27 heavy (non-hydrogen) atoms. The van der Waals surface area contributed by atoms with Crippen molar-refractivity contribution in [3.8, 4) is 0 Å². The number of piperidine rings is 1. The molecule has 1 unspecified atom stereocenters. The van der Waals surface area contributed by atoms with E-state index in [0.29, 0.717) is 11.3 Å². The molecule has 0 radical (unpaired) electrons. The number of likely N-dealkylation sites (tertiary alicyclic amines) is 1. The zero-order valence-electron chi connectivity index (χ0n) is 17.8. The van der Waals surface area contributed by atoms with Gasteiger partial charge in [0.1, 0.15) is 0 Å². The third-order valence-corrected chi connectivity index (χ3v) is 5.08. The van der Waals surface area contributed by atoms with Gasteiger partial charge < -0.3 is 14.7 Å². The van der Waals surface area contributed by atoms with Crippen molar-refractivity contribution in [1.29, 1.82) is 0 Å². The maximum absolute atomic E-state index is 5.32. The zero-order valence-corrected chi connectivity index (χ0v) is 20.1. The molecule has 1 atom stereocenters. The van der Waals surface area contributed by atoms with Gasteiger partial charge in [-0.25, -0.2) is 0 Å². The van der Waals surface area contributed by atoms with Crippen LogP contribution in [0.15, 0.2) is 9.52 Å². The lowest BCUT2D eigenvalue weighted by Crippen LogP contribution is -2.49. The van der Waals surface area contributed by atoms with Gasteiger partial charge in [-0.3, -0.25) is 4.99 Å². The third kappa shape index (κ3) is 7.58. The van der Waals surface area contributed by atoms with Crippen LogP contribution in [-0.2, 0) is 6.42 Å². The molecule has 1 aromatic heterocycles. The Kier molecular flexibility index (Phi) is 10.6. The van der Waals surface area contributed by atoms with Gasteiger partial charge in [0.05, 0.1) is 0 Å². The Balaban J connectivity index is 0.00000364. The van der Waals surface area contributed by atoms with Crippen LogP contribution in [0.3, 0.4) is 0 Å². The second-order valence-corrected chi connectivity index (χ2v) is 8.13. The maximum Gasteiger partial charge on any atom is 0.226 e. The van der Waals surface area contributed by atoms with Crippen LogP contribution in [0.4, 0.5) is 0 Å². The summed E-state index contributed by atoms with van der Waals surface area (Å²) in [5, 5.41) is 7.50. The first-order valence-electron chi connectivity index (χ1n) is 10.3. The van der Waals surface area contributed by atoms with Crippen molar-refractivity contribution in [2.75, 3.05) is 26.2 Å². The fourth-order valence-electron chi connectivity index (χ4n) is 3.75. The first kappa shape index (κ1) is 24.2. The molecule has 1 saturated heterocycles. The normalized spacial score (nSPS) is 20.7. The Morgan fingerprint density at radius 3 is 2.78 bits per heavy atom. The predicted molar refractivity (Wildman–Crippen MR) is 122 cm³/mol. The Morgan fingerprint density at radius 2 is 2.15 bits per heavy atom. The Labute approximate surface area is 182 Å². The lowest BCUT2D eigenvalue weighted by molar-refractivity contribution is 0.142. The lowest BCUT2D eigenvalue weighted by atomic mass is 9.78. The van der Waals surface area contributed by atoms with Gasteiger partial charge in [-0.2, -0.15) is 4.98 Å². The molecule has 0 amide bonds. The number of nitrogens with zero attached hydrogens (tertiary/aromatic N) is 4. The van der Waals surface area contributed by atoms with Crippen LogP contribution in [0.2, 0.25) is 0 Å². The fourth-order valence-corrected chi connectivity index (χ4v) is 3.75. The molecule has 1 fully saturated rings. The van der Waals surface area contributed by atoms with Crippen molar-refractivity contribution in [2.45, 2.75) is 79.1 Å². The number of nitrogens with one attached hydrogen (secondary N) is 1.